The van der Waals surface area contributed by atoms with Gasteiger partial charge >= 0.3 is 0 Å². The molecule has 1 aliphatic rings. The highest BCUT2D eigenvalue weighted by Crippen LogP contribution is 2.29. The number of aliphatic hydroxyl groups is 2. The topological polar surface area (TPSA) is 125 Å². The summed E-state index contributed by atoms with van der Waals surface area (Å²) in [4.78, 5) is 4.10. The van der Waals surface area contributed by atoms with Gasteiger partial charge in [-0.25, -0.2) is 16.8 Å². The standard InChI is InChI=1S/C16H20N2O6S2/c19-10-14(20)9-18(13-6-8-25(21,22)11-13)26(23,24)15-5-1-3-12-4-2-7-17-16(12)15/h1-5,7,13-14,19-20H,6,8-11H2/t13-,14-/m0/s1. The van der Waals surface area contributed by atoms with E-state index in [2.05, 4.69) is 4.98 Å². The molecular formula is C16H20N2O6S2. The number of aliphatic hydroxyl groups excluding tert-OH is 2. The van der Waals surface area contributed by atoms with Crippen LogP contribution < -0.4 is 0 Å². The number of nitrogens with zero attached hydrogens (tertiary/aromatic N) is 2. The van der Waals surface area contributed by atoms with Crippen LogP contribution >= 0.6 is 0 Å². The van der Waals surface area contributed by atoms with Crippen molar-refractivity contribution in [2.75, 3.05) is 24.7 Å². The zero-order valence-corrected chi connectivity index (χ0v) is 15.5. The van der Waals surface area contributed by atoms with Crippen LogP contribution in [0.3, 0.4) is 0 Å². The van der Waals surface area contributed by atoms with Gasteiger partial charge in [-0.3, -0.25) is 4.98 Å². The monoisotopic (exact) mass is 400 g/mol. The molecular weight excluding hydrogens is 380 g/mol. The number of hydrogen-bond donors (Lipinski definition) is 2. The van der Waals surface area contributed by atoms with Gasteiger partial charge in [-0.15, -0.1) is 0 Å². The number of fused-ring (bicyclic) bond motifs is 1. The number of para-hydroxylation sites is 1. The first-order valence-corrected chi connectivity index (χ1v) is 11.4. The van der Waals surface area contributed by atoms with Crippen LogP contribution in [0.5, 0.6) is 0 Å². The first-order chi connectivity index (χ1) is 12.2. The van der Waals surface area contributed by atoms with Gasteiger partial charge in [0.25, 0.3) is 0 Å². The van der Waals surface area contributed by atoms with Crippen LogP contribution in [0.4, 0.5) is 0 Å². The van der Waals surface area contributed by atoms with Crippen molar-refractivity contribution >= 4 is 30.8 Å². The lowest BCUT2D eigenvalue weighted by atomic mass is 10.2. The molecule has 0 unspecified atom stereocenters. The summed E-state index contributed by atoms with van der Waals surface area (Å²) in [6.45, 7) is -1.01. The Hall–Kier alpha value is -1.59. The van der Waals surface area contributed by atoms with Crippen LogP contribution in [0.15, 0.2) is 41.4 Å². The highest BCUT2D eigenvalue weighted by Gasteiger charge is 2.40. The zero-order valence-electron chi connectivity index (χ0n) is 13.9. The van der Waals surface area contributed by atoms with E-state index in [0.29, 0.717) is 5.39 Å². The molecule has 142 valence electrons. The predicted octanol–water partition coefficient (Wildman–Crippen LogP) is -0.234. The summed E-state index contributed by atoms with van der Waals surface area (Å²) in [5, 5.41) is 19.6. The first kappa shape index (κ1) is 19.2. The second kappa shape index (κ2) is 7.20. The number of sulfonamides is 1. The molecule has 0 spiro atoms. The summed E-state index contributed by atoms with van der Waals surface area (Å²) < 4.78 is 51.2. The minimum Gasteiger partial charge on any atom is -0.394 e. The Labute approximate surface area is 152 Å². The highest BCUT2D eigenvalue weighted by atomic mass is 32.2. The average Bonchev–Trinajstić information content (AvgIpc) is 2.98. The summed E-state index contributed by atoms with van der Waals surface area (Å²) in [6, 6.07) is 7.36. The third kappa shape index (κ3) is 3.74. The van der Waals surface area contributed by atoms with Gasteiger partial charge < -0.3 is 10.2 Å². The van der Waals surface area contributed by atoms with Gasteiger partial charge in [0.15, 0.2) is 9.84 Å². The molecule has 0 amide bonds. The van der Waals surface area contributed by atoms with Crippen LogP contribution in [-0.2, 0) is 19.9 Å². The summed E-state index contributed by atoms with van der Waals surface area (Å²) in [6.07, 6.45) is 0.322. The molecule has 2 atom stereocenters. The Morgan fingerprint density at radius 3 is 2.65 bits per heavy atom. The molecule has 1 saturated heterocycles. The molecule has 26 heavy (non-hydrogen) atoms. The molecule has 1 aromatic carbocycles. The maximum Gasteiger partial charge on any atom is 0.245 e. The number of rotatable bonds is 6. The quantitative estimate of drug-likeness (QED) is 0.686. The fourth-order valence-electron chi connectivity index (χ4n) is 3.12. The van der Waals surface area contributed by atoms with E-state index >= 15 is 0 Å². The maximum atomic E-state index is 13.3. The lowest BCUT2D eigenvalue weighted by Crippen LogP contribution is -2.46. The number of hydrogen-bond acceptors (Lipinski definition) is 7. The largest absolute Gasteiger partial charge is 0.394 e. The van der Waals surface area contributed by atoms with Gasteiger partial charge in [0.2, 0.25) is 10.0 Å². The van der Waals surface area contributed by atoms with E-state index in [1.165, 1.54) is 12.3 Å². The van der Waals surface area contributed by atoms with Gasteiger partial charge in [-0.05, 0) is 18.6 Å². The van der Waals surface area contributed by atoms with Crippen molar-refractivity contribution in [3.05, 3.63) is 36.5 Å². The molecule has 2 aromatic rings. The third-order valence-electron chi connectivity index (χ3n) is 4.40. The molecule has 8 nitrogen and oxygen atoms in total. The van der Waals surface area contributed by atoms with Crippen molar-refractivity contribution in [1.82, 2.24) is 9.29 Å². The Balaban J connectivity index is 2.09. The van der Waals surface area contributed by atoms with Crippen LogP contribution in [0.2, 0.25) is 0 Å². The fourth-order valence-corrected chi connectivity index (χ4v) is 6.81. The van der Waals surface area contributed by atoms with Crippen LogP contribution in [-0.4, -0.2) is 73.1 Å². The second-order valence-electron chi connectivity index (χ2n) is 6.30. The minimum absolute atomic E-state index is 0.0509. The Bertz CT molecular complexity index is 1000. The fraction of sp³-hybridized carbons (Fsp3) is 0.438. The predicted molar refractivity (Wildman–Crippen MR) is 95.8 cm³/mol. The van der Waals surface area contributed by atoms with E-state index in [1.54, 1.807) is 24.3 Å². The lowest BCUT2D eigenvalue weighted by molar-refractivity contribution is 0.0730. The summed E-state index contributed by atoms with van der Waals surface area (Å²) >= 11 is 0. The van der Waals surface area contributed by atoms with Crippen LogP contribution in [0.1, 0.15) is 6.42 Å². The number of benzene rings is 1. The maximum absolute atomic E-state index is 13.3. The summed E-state index contributed by atoms with van der Waals surface area (Å²) in [5.41, 5.74) is 0.277. The van der Waals surface area contributed by atoms with Crippen LogP contribution in [0, 0.1) is 0 Å². The van der Waals surface area contributed by atoms with Crippen molar-refractivity contribution < 1.29 is 27.0 Å². The molecule has 0 aliphatic carbocycles. The van der Waals surface area contributed by atoms with Crippen molar-refractivity contribution in [2.45, 2.75) is 23.5 Å². The van der Waals surface area contributed by atoms with Crippen molar-refractivity contribution in [3.8, 4) is 0 Å². The molecule has 2 heterocycles. The van der Waals surface area contributed by atoms with Gasteiger partial charge in [0.05, 0.1) is 29.7 Å². The van der Waals surface area contributed by atoms with E-state index in [-0.39, 0.29) is 34.9 Å². The molecule has 1 fully saturated rings. The molecule has 2 N–H and O–H groups in total. The molecule has 3 rings (SSSR count). The van der Waals surface area contributed by atoms with E-state index < -0.39 is 38.6 Å². The van der Waals surface area contributed by atoms with Gasteiger partial charge in [-0.2, -0.15) is 4.31 Å². The van der Waals surface area contributed by atoms with E-state index in [9.17, 15) is 21.9 Å². The molecule has 1 aromatic heterocycles. The van der Waals surface area contributed by atoms with Crippen molar-refractivity contribution in [2.24, 2.45) is 0 Å². The van der Waals surface area contributed by atoms with Gasteiger partial charge in [0.1, 0.15) is 4.90 Å². The first-order valence-electron chi connectivity index (χ1n) is 8.09. The SMILES string of the molecule is O=S1(=O)CC[C@H](N(C[C@H](O)CO)S(=O)(=O)c2cccc3cccnc23)C1. The number of sulfone groups is 1. The Morgan fingerprint density at radius 1 is 1.27 bits per heavy atom. The summed E-state index contributed by atoms with van der Waals surface area (Å²) in [5.74, 6) is -0.407. The second-order valence-corrected chi connectivity index (χ2v) is 10.4. The molecule has 1 aliphatic heterocycles. The normalized spacial score (nSPS) is 21.3. The lowest BCUT2D eigenvalue weighted by Gasteiger charge is -2.29. The zero-order chi connectivity index (χ0) is 18.9. The molecule has 0 saturated carbocycles. The van der Waals surface area contributed by atoms with Crippen molar-refractivity contribution in [1.29, 1.82) is 0 Å². The summed E-state index contributed by atoms with van der Waals surface area (Å²) in [7, 11) is -7.46. The molecule has 0 radical (unpaired) electrons. The average molecular weight is 400 g/mol. The van der Waals surface area contributed by atoms with E-state index in [1.807, 2.05) is 0 Å². The number of pyridine rings is 1. The molecule has 0 bridgehead atoms. The highest BCUT2D eigenvalue weighted by molar-refractivity contribution is 7.92. The third-order valence-corrected chi connectivity index (χ3v) is 8.10. The molecule has 10 heteroatoms. The van der Waals surface area contributed by atoms with Crippen LogP contribution in [0.25, 0.3) is 10.9 Å². The van der Waals surface area contributed by atoms with E-state index in [0.717, 1.165) is 4.31 Å². The minimum atomic E-state index is -4.13. The number of aromatic nitrogens is 1. The van der Waals surface area contributed by atoms with Gasteiger partial charge in [-0.1, -0.05) is 18.2 Å². The van der Waals surface area contributed by atoms with E-state index in [4.69, 9.17) is 5.11 Å². The van der Waals surface area contributed by atoms with Crippen molar-refractivity contribution in [3.63, 3.8) is 0 Å². The Morgan fingerprint density at radius 2 is 2.00 bits per heavy atom. The Kier molecular flexibility index (Phi) is 5.31. The smallest absolute Gasteiger partial charge is 0.245 e. The van der Waals surface area contributed by atoms with Gasteiger partial charge in [0, 0.05) is 24.2 Å².